The zero-order valence-corrected chi connectivity index (χ0v) is 5.24. The maximum atomic E-state index is 9.12. The summed E-state index contributed by atoms with van der Waals surface area (Å²) in [6.07, 6.45) is 1.54. The third-order valence-electron chi connectivity index (χ3n) is 1.46. The van der Waals surface area contributed by atoms with Crippen LogP contribution in [0.3, 0.4) is 0 Å². The van der Waals surface area contributed by atoms with E-state index in [1.165, 1.54) is 0 Å². The van der Waals surface area contributed by atoms with E-state index in [-0.39, 0.29) is 5.75 Å². The minimum atomic E-state index is 0.204. The topological polar surface area (TPSA) is 33.4 Å². The van der Waals surface area contributed by atoms with Crippen LogP contribution in [0, 0.1) is 0 Å². The first-order chi connectivity index (χ1) is 4.88. The summed E-state index contributed by atoms with van der Waals surface area (Å²) in [5.41, 5.74) is 0.931. The molecule has 0 amide bonds. The van der Waals surface area contributed by atoms with Gasteiger partial charge in [-0.15, -0.1) is 0 Å². The Balaban J connectivity index is 2.78. The Bertz CT molecular complexity index is 311. The van der Waals surface area contributed by atoms with Gasteiger partial charge in [0.25, 0.3) is 0 Å². The Morgan fingerprint density at radius 3 is 2.90 bits per heavy atom. The molecule has 2 rings (SSSR count). The average Bonchev–Trinajstić information content (AvgIpc) is 2.34. The number of rotatable bonds is 0. The van der Waals surface area contributed by atoms with E-state index in [1.54, 1.807) is 18.4 Å². The molecule has 1 aliphatic heterocycles. The third kappa shape index (κ3) is 0.589. The van der Waals surface area contributed by atoms with Gasteiger partial charge >= 0.3 is 0 Å². The van der Waals surface area contributed by atoms with Gasteiger partial charge in [-0.25, -0.2) is 0 Å². The van der Waals surface area contributed by atoms with Crippen LogP contribution in [-0.4, -0.2) is 5.11 Å². The zero-order valence-electron chi connectivity index (χ0n) is 5.24. The van der Waals surface area contributed by atoms with Crippen molar-refractivity contribution >= 4 is 0 Å². The number of hydrogen-bond donors (Lipinski definition) is 1. The Morgan fingerprint density at radius 2 is 2.10 bits per heavy atom. The summed E-state index contributed by atoms with van der Waals surface area (Å²) < 4.78 is 5.03. The van der Waals surface area contributed by atoms with Crippen LogP contribution in [0.1, 0.15) is 0 Å². The van der Waals surface area contributed by atoms with Crippen molar-refractivity contribution in [2.75, 3.05) is 0 Å². The van der Waals surface area contributed by atoms with Gasteiger partial charge in [0.15, 0.2) is 11.5 Å². The molecule has 0 spiro atoms. The minimum Gasteiger partial charge on any atom is -0.504 e. The lowest BCUT2D eigenvalue weighted by molar-refractivity contribution is 0.450. The first-order valence-corrected chi connectivity index (χ1v) is 3.03. The van der Waals surface area contributed by atoms with E-state index >= 15 is 0 Å². The van der Waals surface area contributed by atoms with Crippen molar-refractivity contribution in [1.29, 1.82) is 0 Å². The smallest absolute Gasteiger partial charge is 0.175 e. The van der Waals surface area contributed by atoms with Crippen LogP contribution in [0.25, 0.3) is 11.3 Å². The normalized spacial score (nSPS) is 10.4. The number of fused-ring (bicyclic) bond motifs is 1. The van der Waals surface area contributed by atoms with E-state index in [0.29, 0.717) is 5.76 Å². The predicted octanol–water partition coefficient (Wildman–Crippen LogP) is 2.09. The van der Waals surface area contributed by atoms with Crippen LogP contribution in [0.2, 0.25) is 0 Å². The van der Waals surface area contributed by atoms with Crippen molar-refractivity contribution in [2.24, 2.45) is 0 Å². The molecular weight excluding hydrogens is 128 g/mol. The first kappa shape index (κ1) is 5.35. The maximum absolute atomic E-state index is 9.12. The van der Waals surface area contributed by atoms with Crippen LogP contribution in [0.15, 0.2) is 34.9 Å². The number of aromatic hydroxyl groups is 1. The molecule has 2 aliphatic rings. The summed E-state index contributed by atoms with van der Waals surface area (Å²) in [6.45, 7) is 0. The van der Waals surface area contributed by atoms with E-state index in [4.69, 9.17) is 9.52 Å². The molecule has 50 valence electrons. The van der Waals surface area contributed by atoms with Crippen LogP contribution in [-0.2, 0) is 0 Å². The molecule has 0 aromatic rings. The quantitative estimate of drug-likeness (QED) is 0.598. The lowest BCUT2D eigenvalue weighted by Gasteiger charge is -1.94. The Morgan fingerprint density at radius 1 is 1.20 bits per heavy atom. The van der Waals surface area contributed by atoms with Crippen LogP contribution >= 0.6 is 0 Å². The minimum absolute atomic E-state index is 0.204. The van der Waals surface area contributed by atoms with E-state index in [1.807, 2.05) is 12.1 Å². The van der Waals surface area contributed by atoms with Crippen molar-refractivity contribution in [3.63, 3.8) is 0 Å². The molecule has 0 radical (unpaired) electrons. The summed E-state index contributed by atoms with van der Waals surface area (Å²) in [5, 5.41) is 9.12. The van der Waals surface area contributed by atoms with Crippen LogP contribution < -0.4 is 0 Å². The van der Waals surface area contributed by atoms with Gasteiger partial charge in [-0.3, -0.25) is 0 Å². The number of hydrogen-bond acceptors (Lipinski definition) is 2. The highest BCUT2D eigenvalue weighted by Gasteiger charge is 2.08. The molecule has 0 aromatic carbocycles. The molecule has 1 N–H and O–H groups in total. The Labute approximate surface area is 58.1 Å². The summed E-state index contributed by atoms with van der Waals surface area (Å²) in [4.78, 5) is 0. The van der Waals surface area contributed by atoms with Crippen molar-refractivity contribution in [1.82, 2.24) is 0 Å². The van der Waals surface area contributed by atoms with Crippen molar-refractivity contribution < 1.29 is 9.52 Å². The predicted molar refractivity (Wildman–Crippen MR) is 37.0 cm³/mol. The molecule has 2 heteroatoms. The maximum Gasteiger partial charge on any atom is 0.175 e. The highest BCUT2D eigenvalue weighted by atomic mass is 16.3. The average molecular weight is 134 g/mol. The van der Waals surface area contributed by atoms with Gasteiger partial charge in [-0.05, 0) is 24.3 Å². The molecule has 10 heavy (non-hydrogen) atoms. The van der Waals surface area contributed by atoms with Crippen molar-refractivity contribution in [3.05, 3.63) is 30.5 Å². The van der Waals surface area contributed by atoms with Crippen LogP contribution in [0.4, 0.5) is 0 Å². The second kappa shape index (κ2) is 1.77. The molecule has 0 bridgehead atoms. The molecule has 1 heterocycles. The second-order valence-corrected chi connectivity index (χ2v) is 2.12. The van der Waals surface area contributed by atoms with Gasteiger partial charge in [0.2, 0.25) is 0 Å². The fraction of sp³-hybridized carbons (Fsp3) is 0. The van der Waals surface area contributed by atoms with Gasteiger partial charge in [0.05, 0.1) is 6.26 Å². The fourth-order valence-electron chi connectivity index (χ4n) is 0.978. The Kier molecular flexibility index (Phi) is 0.947. The summed E-state index contributed by atoms with van der Waals surface area (Å²) >= 11 is 0. The second-order valence-electron chi connectivity index (χ2n) is 2.12. The summed E-state index contributed by atoms with van der Waals surface area (Å²) in [5.74, 6) is 0.762. The Hall–Kier alpha value is -1.44. The monoisotopic (exact) mass is 134 g/mol. The summed E-state index contributed by atoms with van der Waals surface area (Å²) in [6, 6.07) is 7.11. The zero-order chi connectivity index (χ0) is 6.97. The molecule has 0 aromatic heterocycles. The largest absolute Gasteiger partial charge is 0.504 e. The lowest BCUT2D eigenvalue weighted by Crippen LogP contribution is -1.69. The van der Waals surface area contributed by atoms with Crippen LogP contribution in [0.5, 0.6) is 5.75 Å². The molecular formula is C8H6O2. The van der Waals surface area contributed by atoms with E-state index < -0.39 is 0 Å². The molecule has 2 nitrogen and oxygen atoms in total. The highest BCUT2D eigenvalue weighted by molar-refractivity contribution is 5.67. The molecule has 0 saturated heterocycles. The van der Waals surface area contributed by atoms with Gasteiger partial charge < -0.3 is 9.52 Å². The molecule has 0 saturated carbocycles. The molecule has 0 unspecified atom stereocenters. The van der Waals surface area contributed by atoms with E-state index in [2.05, 4.69) is 0 Å². The van der Waals surface area contributed by atoms with Crippen molar-refractivity contribution in [2.45, 2.75) is 0 Å². The lowest BCUT2D eigenvalue weighted by atomic mass is 10.2. The third-order valence-corrected chi connectivity index (χ3v) is 1.46. The molecule has 0 fully saturated rings. The van der Waals surface area contributed by atoms with Gasteiger partial charge in [0.1, 0.15) is 0 Å². The van der Waals surface area contributed by atoms with Gasteiger partial charge in [-0.1, -0.05) is 0 Å². The standard InChI is InChI=1S/C8H6O2/c9-7-4-3-6-2-1-5-10-8(6)7/h1-5,9H. The molecule has 0 atom stereocenters. The summed E-state index contributed by atoms with van der Waals surface area (Å²) in [7, 11) is 0. The van der Waals surface area contributed by atoms with E-state index in [0.717, 1.165) is 5.56 Å². The fourth-order valence-corrected chi connectivity index (χ4v) is 0.978. The van der Waals surface area contributed by atoms with Gasteiger partial charge in [0, 0.05) is 5.56 Å². The SMILES string of the molecule is Oc1ccc2cccoc1-2. The van der Waals surface area contributed by atoms with Gasteiger partial charge in [-0.2, -0.15) is 0 Å². The highest BCUT2D eigenvalue weighted by Crippen LogP contribution is 2.31. The molecule has 1 aliphatic carbocycles. The van der Waals surface area contributed by atoms with Crippen molar-refractivity contribution in [3.8, 4) is 17.1 Å². The van der Waals surface area contributed by atoms with E-state index in [9.17, 15) is 0 Å². The first-order valence-electron chi connectivity index (χ1n) is 3.03.